The van der Waals surface area contributed by atoms with Crippen LogP contribution in [0.15, 0.2) is 41.5 Å². The van der Waals surface area contributed by atoms with E-state index in [4.69, 9.17) is 4.74 Å². The number of hydrogen-bond acceptors (Lipinski definition) is 3. The molecular formula is C23H20F4N2O3. The lowest BCUT2D eigenvalue weighted by atomic mass is 9.80. The average Bonchev–Trinajstić information content (AvgIpc) is 3.28. The quantitative estimate of drug-likeness (QED) is 0.367. The van der Waals surface area contributed by atoms with E-state index in [0.29, 0.717) is 21.5 Å². The Kier molecular flexibility index (Phi) is 4.69. The summed E-state index contributed by atoms with van der Waals surface area (Å²) in [4.78, 5) is 15.8. The highest BCUT2D eigenvalue weighted by molar-refractivity contribution is 5.76. The lowest BCUT2D eigenvalue weighted by molar-refractivity contribution is -0.603. The van der Waals surface area contributed by atoms with Gasteiger partial charge < -0.3 is 14.9 Å². The zero-order valence-electron chi connectivity index (χ0n) is 17.1. The average molecular weight is 448 g/mol. The minimum atomic E-state index is -2.88. The van der Waals surface area contributed by atoms with Crippen LogP contribution >= 0.6 is 0 Å². The van der Waals surface area contributed by atoms with E-state index in [9.17, 15) is 27.6 Å². The first-order valence-corrected chi connectivity index (χ1v) is 10.4. The molecule has 3 aromatic rings. The van der Waals surface area contributed by atoms with Crippen molar-refractivity contribution in [2.24, 2.45) is 11.8 Å². The summed E-state index contributed by atoms with van der Waals surface area (Å²) in [6.45, 7) is 0. The van der Waals surface area contributed by atoms with Gasteiger partial charge in [-0.2, -0.15) is 9.12 Å². The summed E-state index contributed by atoms with van der Waals surface area (Å²) in [7, 11) is 1.21. The Morgan fingerprint density at radius 2 is 2.03 bits per heavy atom. The van der Waals surface area contributed by atoms with Crippen molar-refractivity contribution in [3.63, 3.8) is 0 Å². The molecule has 0 amide bonds. The van der Waals surface area contributed by atoms with Crippen LogP contribution in [0.25, 0.3) is 10.9 Å². The van der Waals surface area contributed by atoms with E-state index in [1.54, 1.807) is 0 Å². The van der Waals surface area contributed by atoms with E-state index in [0.717, 1.165) is 12.3 Å². The molecule has 32 heavy (non-hydrogen) atoms. The molecule has 0 aliphatic heterocycles. The van der Waals surface area contributed by atoms with E-state index in [1.165, 1.54) is 31.5 Å². The Hall–Kier alpha value is -3.10. The number of rotatable bonds is 3. The fourth-order valence-corrected chi connectivity index (χ4v) is 5.73. The molecule has 2 saturated carbocycles. The fourth-order valence-electron chi connectivity index (χ4n) is 5.73. The molecule has 9 heteroatoms. The largest absolute Gasteiger partial charge is 0.619 e. The van der Waals surface area contributed by atoms with Crippen LogP contribution in [0.2, 0.25) is 0 Å². The van der Waals surface area contributed by atoms with Gasteiger partial charge in [0, 0.05) is 41.6 Å². The van der Waals surface area contributed by atoms with Gasteiger partial charge in [-0.25, -0.2) is 13.2 Å². The third kappa shape index (κ3) is 3.05. The number of nitrogens with zero attached hydrogens (tertiary/aromatic N) is 1. The molecule has 0 spiro atoms. The summed E-state index contributed by atoms with van der Waals surface area (Å²) >= 11 is 0. The first-order chi connectivity index (χ1) is 15.2. The SMILES string of the molecule is COc1c([C@@H]2[C@@H]3CCC(F)(F)[C@@H]3C[C@H]2c2cc(=O)c3c[n+]([O-])ccc3[nH]2)ccc(F)c1F. The maximum atomic E-state index is 14.7. The number of aromatic amines is 1. The molecule has 5 nitrogen and oxygen atoms in total. The number of pyridine rings is 2. The molecule has 1 aromatic carbocycles. The maximum Gasteiger partial charge on any atom is 0.251 e. The van der Waals surface area contributed by atoms with Crippen molar-refractivity contribution < 1.29 is 27.0 Å². The summed E-state index contributed by atoms with van der Waals surface area (Å²) in [6.07, 6.45) is 2.42. The predicted octanol–water partition coefficient (Wildman–Crippen LogP) is 4.38. The standard InChI is InChI=1S/C23H20F4N2O3/c1-32-22-12(2-3-16(24)21(22)25)20-11-4-6-23(26,27)15(11)8-13(20)18-9-19(30)14-10-29(31)7-5-17(14)28-18/h2-3,5,7,9-11,13,15,20H,4,6,8H2,1H3,(H,28,30)/t11-,13+,15-,20+/m1/s1. The number of H-pyrrole nitrogens is 1. The summed E-state index contributed by atoms with van der Waals surface area (Å²) in [5, 5.41) is 11.7. The van der Waals surface area contributed by atoms with Crippen LogP contribution in [0.1, 0.15) is 42.4 Å². The van der Waals surface area contributed by atoms with Crippen LogP contribution in [0.4, 0.5) is 17.6 Å². The second kappa shape index (κ2) is 7.21. The molecule has 0 unspecified atom stereocenters. The van der Waals surface area contributed by atoms with E-state index < -0.39 is 46.7 Å². The van der Waals surface area contributed by atoms with Crippen LogP contribution < -0.4 is 14.9 Å². The van der Waals surface area contributed by atoms with Gasteiger partial charge >= 0.3 is 0 Å². The third-order valence-electron chi connectivity index (χ3n) is 7.08. The van der Waals surface area contributed by atoms with Gasteiger partial charge in [0.1, 0.15) is 5.39 Å². The predicted molar refractivity (Wildman–Crippen MR) is 108 cm³/mol. The van der Waals surface area contributed by atoms with Gasteiger partial charge in [-0.15, -0.1) is 0 Å². The highest BCUT2D eigenvalue weighted by Crippen LogP contribution is 2.63. The molecule has 2 fully saturated rings. The lowest BCUT2D eigenvalue weighted by Crippen LogP contribution is -2.26. The lowest BCUT2D eigenvalue weighted by Gasteiger charge is -2.26. The number of fused-ring (bicyclic) bond motifs is 2. The number of nitrogens with one attached hydrogen (secondary N) is 1. The van der Waals surface area contributed by atoms with E-state index in [1.807, 2.05) is 0 Å². The second-order valence-corrected chi connectivity index (χ2v) is 8.64. The number of benzene rings is 1. The molecule has 2 aromatic heterocycles. The van der Waals surface area contributed by atoms with E-state index in [2.05, 4.69) is 4.98 Å². The van der Waals surface area contributed by atoms with Crippen molar-refractivity contribution >= 4 is 10.9 Å². The van der Waals surface area contributed by atoms with Gasteiger partial charge in [0.2, 0.25) is 5.82 Å². The van der Waals surface area contributed by atoms with Gasteiger partial charge in [-0.3, -0.25) is 4.79 Å². The number of aromatic nitrogens is 2. The molecule has 2 aliphatic rings. The second-order valence-electron chi connectivity index (χ2n) is 8.64. The normalized spacial score (nSPS) is 26.4. The van der Waals surface area contributed by atoms with Crippen LogP contribution in [-0.4, -0.2) is 18.0 Å². The number of hydrogen-bond donors (Lipinski definition) is 1. The summed E-state index contributed by atoms with van der Waals surface area (Å²) in [5.74, 6) is -8.02. The van der Waals surface area contributed by atoms with Gasteiger partial charge in [-0.05, 0) is 30.7 Å². The maximum absolute atomic E-state index is 14.7. The zero-order chi connectivity index (χ0) is 22.8. The Labute approximate surface area is 180 Å². The van der Waals surface area contributed by atoms with Crippen LogP contribution in [0, 0.1) is 28.7 Å². The van der Waals surface area contributed by atoms with Gasteiger partial charge in [0.15, 0.2) is 29.4 Å². The minimum Gasteiger partial charge on any atom is -0.619 e. The van der Waals surface area contributed by atoms with Crippen molar-refractivity contribution in [3.05, 3.63) is 75.0 Å². The molecular weight excluding hydrogens is 428 g/mol. The number of alkyl halides is 2. The van der Waals surface area contributed by atoms with Crippen molar-refractivity contribution in [2.45, 2.75) is 37.0 Å². The fraction of sp³-hybridized carbons (Fsp3) is 0.391. The molecule has 4 atom stereocenters. The highest BCUT2D eigenvalue weighted by Gasteiger charge is 2.59. The van der Waals surface area contributed by atoms with Gasteiger partial charge in [-0.1, -0.05) is 6.07 Å². The third-order valence-corrected chi connectivity index (χ3v) is 7.08. The molecule has 0 radical (unpaired) electrons. The minimum absolute atomic E-state index is 0.0836. The number of ether oxygens (including phenoxy) is 1. The van der Waals surface area contributed by atoms with Crippen LogP contribution in [0.5, 0.6) is 5.75 Å². The molecule has 1 N–H and O–H groups in total. The van der Waals surface area contributed by atoms with Crippen LogP contribution in [0.3, 0.4) is 0 Å². The molecule has 0 saturated heterocycles. The van der Waals surface area contributed by atoms with Gasteiger partial charge in [0.05, 0.1) is 12.6 Å². The molecule has 2 heterocycles. The Morgan fingerprint density at radius 3 is 2.78 bits per heavy atom. The summed E-state index contributed by atoms with van der Waals surface area (Å²) < 4.78 is 63.4. The molecule has 0 bridgehead atoms. The van der Waals surface area contributed by atoms with Crippen molar-refractivity contribution in [2.75, 3.05) is 7.11 Å². The van der Waals surface area contributed by atoms with Crippen molar-refractivity contribution in [1.29, 1.82) is 0 Å². The summed E-state index contributed by atoms with van der Waals surface area (Å²) in [6, 6.07) is 5.12. The molecule has 5 rings (SSSR count). The Morgan fingerprint density at radius 1 is 1.25 bits per heavy atom. The zero-order valence-corrected chi connectivity index (χ0v) is 17.1. The molecule has 168 valence electrons. The highest BCUT2D eigenvalue weighted by atomic mass is 19.3. The monoisotopic (exact) mass is 448 g/mol. The van der Waals surface area contributed by atoms with E-state index >= 15 is 0 Å². The van der Waals surface area contributed by atoms with Crippen molar-refractivity contribution in [3.8, 4) is 5.75 Å². The Bertz CT molecular complexity index is 1280. The van der Waals surface area contributed by atoms with E-state index in [-0.39, 0.29) is 30.4 Å². The summed E-state index contributed by atoms with van der Waals surface area (Å²) in [5.41, 5.74) is 0.722. The van der Waals surface area contributed by atoms with Crippen molar-refractivity contribution in [1.82, 2.24) is 4.98 Å². The first kappa shape index (κ1) is 20.8. The topological polar surface area (TPSA) is 69.0 Å². The number of methoxy groups -OCH3 is 1. The molecule has 2 aliphatic carbocycles. The smallest absolute Gasteiger partial charge is 0.251 e. The number of halogens is 4. The Balaban J connectivity index is 1.69. The van der Waals surface area contributed by atoms with Crippen LogP contribution in [-0.2, 0) is 0 Å². The van der Waals surface area contributed by atoms with Gasteiger partial charge in [0.25, 0.3) is 5.92 Å². The first-order valence-electron chi connectivity index (χ1n) is 10.4.